The lowest BCUT2D eigenvalue weighted by atomic mass is 9.60. The minimum atomic E-state index is -4.56. The van der Waals surface area contributed by atoms with E-state index in [1.165, 1.54) is 10.9 Å². The van der Waals surface area contributed by atoms with Crippen molar-refractivity contribution in [2.75, 3.05) is 39.3 Å². The zero-order chi connectivity index (χ0) is 26.4. The van der Waals surface area contributed by atoms with Crippen molar-refractivity contribution >= 4 is 6.03 Å². The van der Waals surface area contributed by atoms with Crippen LogP contribution in [0.2, 0.25) is 0 Å². The Balaban J connectivity index is 0.926. The van der Waals surface area contributed by atoms with Crippen molar-refractivity contribution in [1.82, 2.24) is 39.2 Å². The lowest BCUT2D eigenvalue weighted by Crippen LogP contribution is -2.75. The molecule has 3 saturated heterocycles. The van der Waals surface area contributed by atoms with Gasteiger partial charge >= 0.3 is 18.4 Å². The van der Waals surface area contributed by atoms with Crippen LogP contribution >= 0.6 is 0 Å². The predicted molar refractivity (Wildman–Crippen MR) is 115 cm³/mol. The Bertz CT molecular complexity index is 1190. The summed E-state index contributed by atoms with van der Waals surface area (Å²) in [5, 5.41) is 7.52. The standard InChI is InChI=1S/C22H26F6N8O/c1-14-15(5-35(30-14)12-21(23,24)25)4-32-6-20(7-32)10-34(11-20)18(37)33-8-19(9-33)2-16(3-19)36-13-29-17(31-36)22(26,27)28/h5,13,16H,2-4,6-12H2,1H3. The molecule has 3 aliphatic heterocycles. The largest absolute Gasteiger partial charge is 0.453 e. The molecular formula is C22H26F6N8O. The Morgan fingerprint density at radius 1 is 0.973 bits per heavy atom. The van der Waals surface area contributed by atoms with Gasteiger partial charge in [0.2, 0.25) is 0 Å². The Morgan fingerprint density at radius 3 is 2.16 bits per heavy atom. The molecule has 202 valence electrons. The third-order valence-electron chi connectivity index (χ3n) is 8.02. The zero-order valence-corrected chi connectivity index (χ0v) is 20.1. The highest BCUT2D eigenvalue weighted by Crippen LogP contribution is 2.54. The van der Waals surface area contributed by atoms with Crippen LogP contribution in [0.15, 0.2) is 12.5 Å². The van der Waals surface area contributed by atoms with Gasteiger partial charge in [-0.15, -0.1) is 5.10 Å². The van der Waals surface area contributed by atoms with Gasteiger partial charge in [0.25, 0.3) is 5.82 Å². The van der Waals surface area contributed by atoms with Crippen molar-refractivity contribution in [1.29, 1.82) is 0 Å². The van der Waals surface area contributed by atoms with Gasteiger partial charge in [-0.2, -0.15) is 31.4 Å². The summed E-state index contributed by atoms with van der Waals surface area (Å²) in [7, 11) is 0. The third kappa shape index (κ3) is 4.44. The molecule has 0 radical (unpaired) electrons. The Morgan fingerprint density at radius 2 is 1.59 bits per heavy atom. The summed E-state index contributed by atoms with van der Waals surface area (Å²) in [6, 6.07) is -0.138. The van der Waals surface area contributed by atoms with E-state index in [9.17, 15) is 31.1 Å². The molecular weight excluding hydrogens is 506 g/mol. The molecule has 1 saturated carbocycles. The molecule has 0 atom stereocenters. The first-order valence-electron chi connectivity index (χ1n) is 12.1. The minimum absolute atomic E-state index is 0.0115. The van der Waals surface area contributed by atoms with E-state index in [-0.39, 0.29) is 22.9 Å². The summed E-state index contributed by atoms with van der Waals surface area (Å²) in [5.41, 5.74) is 1.36. The quantitative estimate of drug-likeness (QED) is 0.567. The highest BCUT2D eigenvalue weighted by atomic mass is 19.4. The average molecular weight is 532 g/mol. The van der Waals surface area contributed by atoms with Crippen LogP contribution < -0.4 is 0 Å². The van der Waals surface area contributed by atoms with Crippen LogP contribution in [0.5, 0.6) is 0 Å². The van der Waals surface area contributed by atoms with E-state index in [1.807, 2.05) is 4.90 Å². The van der Waals surface area contributed by atoms with Gasteiger partial charge in [0.15, 0.2) is 0 Å². The number of likely N-dealkylation sites (tertiary alicyclic amines) is 3. The molecule has 2 amide bonds. The van der Waals surface area contributed by atoms with Crippen LogP contribution in [0.4, 0.5) is 31.1 Å². The molecule has 0 unspecified atom stereocenters. The maximum Gasteiger partial charge on any atom is 0.453 e. The van der Waals surface area contributed by atoms with Crippen molar-refractivity contribution in [3.05, 3.63) is 29.6 Å². The molecule has 0 aromatic carbocycles. The van der Waals surface area contributed by atoms with Crippen molar-refractivity contribution in [3.63, 3.8) is 0 Å². The van der Waals surface area contributed by atoms with E-state index in [1.54, 1.807) is 11.8 Å². The Kier molecular flexibility index (Phi) is 5.19. The number of hydrogen-bond donors (Lipinski definition) is 0. The number of hydrogen-bond acceptors (Lipinski definition) is 5. The van der Waals surface area contributed by atoms with Gasteiger partial charge in [0, 0.05) is 68.4 Å². The normalized spacial score (nSPS) is 23.1. The fourth-order valence-electron chi connectivity index (χ4n) is 6.40. The van der Waals surface area contributed by atoms with Crippen LogP contribution in [0.25, 0.3) is 0 Å². The summed E-state index contributed by atoms with van der Waals surface area (Å²) >= 11 is 0. The zero-order valence-electron chi connectivity index (χ0n) is 20.1. The Hall–Kier alpha value is -2.84. The number of aromatic nitrogens is 5. The topological polar surface area (TPSA) is 75.3 Å². The van der Waals surface area contributed by atoms with Gasteiger partial charge in [-0.25, -0.2) is 14.5 Å². The lowest BCUT2D eigenvalue weighted by Gasteiger charge is -2.63. The molecule has 4 aliphatic rings. The Labute approximate surface area is 208 Å². The van der Waals surface area contributed by atoms with Crippen molar-refractivity contribution < 1.29 is 31.1 Å². The summed E-state index contributed by atoms with van der Waals surface area (Å²) < 4.78 is 78.2. The van der Waals surface area contributed by atoms with Crippen LogP contribution in [0, 0.1) is 17.8 Å². The molecule has 15 heteroatoms. The molecule has 1 aliphatic carbocycles. The van der Waals surface area contributed by atoms with E-state index < -0.39 is 24.7 Å². The number of halogens is 6. The highest BCUT2D eigenvalue weighted by Gasteiger charge is 2.58. The van der Waals surface area contributed by atoms with Crippen molar-refractivity contribution in [3.8, 4) is 0 Å². The monoisotopic (exact) mass is 532 g/mol. The van der Waals surface area contributed by atoms with E-state index in [0.29, 0.717) is 51.3 Å². The molecule has 2 aromatic rings. The van der Waals surface area contributed by atoms with Gasteiger partial charge in [0.1, 0.15) is 12.9 Å². The third-order valence-corrected chi connectivity index (χ3v) is 8.02. The molecule has 37 heavy (non-hydrogen) atoms. The van der Waals surface area contributed by atoms with E-state index in [2.05, 4.69) is 20.1 Å². The minimum Gasteiger partial charge on any atom is -0.323 e. The van der Waals surface area contributed by atoms with Crippen LogP contribution in [-0.2, 0) is 19.3 Å². The summed E-state index contributed by atoms with van der Waals surface area (Å²) in [6.07, 6.45) is -4.94. The van der Waals surface area contributed by atoms with Gasteiger partial charge < -0.3 is 9.80 Å². The molecule has 6 rings (SSSR count). The van der Waals surface area contributed by atoms with Crippen LogP contribution in [0.1, 0.15) is 36.0 Å². The number of urea groups is 1. The molecule has 2 spiro atoms. The van der Waals surface area contributed by atoms with Crippen LogP contribution in [0.3, 0.4) is 0 Å². The first-order valence-corrected chi connectivity index (χ1v) is 12.1. The van der Waals surface area contributed by atoms with E-state index in [0.717, 1.165) is 29.7 Å². The molecule has 4 fully saturated rings. The van der Waals surface area contributed by atoms with Crippen molar-refractivity contribution in [2.24, 2.45) is 10.8 Å². The van der Waals surface area contributed by atoms with Gasteiger partial charge in [-0.3, -0.25) is 9.58 Å². The van der Waals surface area contributed by atoms with E-state index in [4.69, 9.17) is 0 Å². The number of rotatable bonds is 4. The van der Waals surface area contributed by atoms with Crippen LogP contribution in [-0.4, -0.2) is 90.7 Å². The SMILES string of the molecule is Cc1nn(CC(F)(F)F)cc1CN1CC2(C1)CN(C(=O)N1CC3(CC(n4cnc(C(F)(F)F)n4)C3)C1)C2. The second-order valence-corrected chi connectivity index (χ2v) is 11.3. The fourth-order valence-corrected chi connectivity index (χ4v) is 6.40. The summed E-state index contributed by atoms with van der Waals surface area (Å²) in [6.45, 7) is 5.20. The first kappa shape index (κ1) is 24.5. The molecule has 0 bridgehead atoms. The maximum absolute atomic E-state index is 12.8. The van der Waals surface area contributed by atoms with Gasteiger partial charge in [0.05, 0.1) is 11.7 Å². The number of aryl methyl sites for hydroxylation is 1. The predicted octanol–water partition coefficient (Wildman–Crippen LogP) is 2.94. The van der Waals surface area contributed by atoms with E-state index >= 15 is 0 Å². The number of nitrogens with zero attached hydrogens (tertiary/aromatic N) is 8. The molecule has 5 heterocycles. The second-order valence-electron chi connectivity index (χ2n) is 11.3. The number of carbonyl (C=O) groups excluding carboxylic acids is 1. The smallest absolute Gasteiger partial charge is 0.323 e. The summed E-state index contributed by atoms with van der Waals surface area (Å²) in [4.78, 5) is 22.0. The average Bonchev–Trinajstić information content (AvgIpc) is 3.25. The molecule has 0 N–H and O–H groups in total. The highest BCUT2D eigenvalue weighted by molar-refractivity contribution is 5.77. The molecule has 9 nitrogen and oxygen atoms in total. The second kappa shape index (κ2) is 7.84. The first-order chi connectivity index (χ1) is 17.2. The maximum atomic E-state index is 12.8. The van der Waals surface area contributed by atoms with Crippen molar-refractivity contribution in [2.45, 2.75) is 51.2 Å². The van der Waals surface area contributed by atoms with Gasteiger partial charge in [-0.05, 0) is 19.8 Å². The number of carbonyl (C=O) groups is 1. The number of amides is 2. The summed E-state index contributed by atoms with van der Waals surface area (Å²) in [5.74, 6) is -1.13. The van der Waals surface area contributed by atoms with Gasteiger partial charge in [-0.1, -0.05) is 0 Å². The lowest BCUT2D eigenvalue weighted by molar-refractivity contribution is -0.145. The molecule has 2 aromatic heterocycles. The fraction of sp³-hybridized carbons (Fsp3) is 0.727. The number of alkyl halides is 6.